The number of carbonyl (C=O) groups is 3. The number of aromatic amines is 1. The average Bonchev–Trinajstić information content (AvgIpc) is 3.51. The summed E-state index contributed by atoms with van der Waals surface area (Å²) in [6.45, 7) is 7.06. The van der Waals surface area contributed by atoms with Crippen molar-refractivity contribution < 1.29 is 19.1 Å². The first-order chi connectivity index (χ1) is 15.9. The molecule has 33 heavy (non-hydrogen) atoms. The number of hydrogen-bond acceptors (Lipinski definition) is 5. The summed E-state index contributed by atoms with van der Waals surface area (Å²) in [5, 5.41) is 6.68. The maximum Gasteiger partial charge on any atom is 0.270 e. The van der Waals surface area contributed by atoms with Gasteiger partial charge in [0.1, 0.15) is 17.5 Å². The van der Waals surface area contributed by atoms with E-state index in [1.54, 1.807) is 18.1 Å². The Morgan fingerprint density at radius 1 is 1.39 bits per heavy atom. The molecule has 2 fully saturated rings. The highest BCUT2D eigenvalue weighted by atomic mass is 16.5. The van der Waals surface area contributed by atoms with Gasteiger partial charge in [-0.3, -0.25) is 19.4 Å². The van der Waals surface area contributed by atoms with Gasteiger partial charge in [0.2, 0.25) is 11.8 Å². The highest BCUT2D eigenvalue weighted by molar-refractivity contribution is 6.01. The van der Waals surface area contributed by atoms with Crippen LogP contribution in [0.3, 0.4) is 0 Å². The third-order valence-electron chi connectivity index (χ3n) is 6.58. The lowest BCUT2D eigenvalue weighted by molar-refractivity contribution is -0.127. The summed E-state index contributed by atoms with van der Waals surface area (Å²) >= 11 is 0. The number of amides is 3. The molecule has 9 nitrogen and oxygen atoms in total. The molecule has 4 unspecified atom stereocenters. The fourth-order valence-electron chi connectivity index (χ4n) is 4.94. The highest BCUT2D eigenvalue weighted by Crippen LogP contribution is 2.29. The molecule has 0 spiro atoms. The van der Waals surface area contributed by atoms with Crippen LogP contribution in [-0.2, 0) is 9.59 Å². The molecular formula is C24H31N5O4. The lowest BCUT2D eigenvalue weighted by atomic mass is 9.98. The van der Waals surface area contributed by atoms with Crippen molar-refractivity contribution in [2.24, 2.45) is 16.8 Å². The second-order valence-electron chi connectivity index (χ2n) is 9.04. The first-order valence-corrected chi connectivity index (χ1v) is 11.4. The first-order valence-electron chi connectivity index (χ1n) is 11.4. The lowest BCUT2D eigenvalue weighted by Gasteiger charge is -2.26. The van der Waals surface area contributed by atoms with Crippen molar-refractivity contribution in [1.29, 1.82) is 0 Å². The third kappa shape index (κ3) is 4.72. The van der Waals surface area contributed by atoms with Crippen molar-refractivity contribution in [3.8, 4) is 5.75 Å². The van der Waals surface area contributed by atoms with Gasteiger partial charge in [-0.2, -0.15) is 0 Å². The number of hydrogen-bond donors (Lipinski definition) is 3. The molecule has 0 bridgehead atoms. The van der Waals surface area contributed by atoms with Gasteiger partial charge in [-0.15, -0.1) is 0 Å². The Morgan fingerprint density at radius 3 is 2.91 bits per heavy atom. The molecule has 2 aliphatic heterocycles. The standard InChI is InChI=1S/C24H31N5O4/c1-14-9-20(23(31)27-16(12-25-2)10-15-7-8-26-22(15)30)29(13-14)24(32)19-11-17-18(28-19)5-4-6-21(17)33-3/h4-6,11,14-16,20,28H,2,7-10,12-13H2,1,3H3,(H,26,30)(H,27,31). The highest BCUT2D eigenvalue weighted by Gasteiger charge is 2.39. The van der Waals surface area contributed by atoms with E-state index >= 15 is 0 Å². The van der Waals surface area contributed by atoms with E-state index in [1.165, 1.54) is 0 Å². The minimum absolute atomic E-state index is 0.0128. The van der Waals surface area contributed by atoms with Gasteiger partial charge in [-0.25, -0.2) is 0 Å². The summed E-state index contributed by atoms with van der Waals surface area (Å²) in [6.07, 6.45) is 1.84. The van der Waals surface area contributed by atoms with E-state index in [4.69, 9.17) is 4.74 Å². The van der Waals surface area contributed by atoms with Gasteiger partial charge in [0.05, 0.1) is 13.7 Å². The second kappa shape index (κ2) is 9.64. The van der Waals surface area contributed by atoms with Gasteiger partial charge in [-0.1, -0.05) is 13.0 Å². The van der Waals surface area contributed by atoms with Crippen LogP contribution in [0.25, 0.3) is 10.9 Å². The predicted molar refractivity (Wildman–Crippen MR) is 126 cm³/mol. The zero-order valence-electron chi connectivity index (χ0n) is 19.1. The van der Waals surface area contributed by atoms with E-state index in [1.807, 2.05) is 25.1 Å². The molecule has 3 N–H and O–H groups in total. The molecule has 0 radical (unpaired) electrons. The van der Waals surface area contributed by atoms with Gasteiger partial charge in [0.15, 0.2) is 0 Å². The molecule has 0 aliphatic carbocycles. The Hall–Kier alpha value is -3.36. The van der Waals surface area contributed by atoms with Crippen LogP contribution in [0.4, 0.5) is 0 Å². The average molecular weight is 454 g/mol. The maximum absolute atomic E-state index is 13.4. The van der Waals surface area contributed by atoms with Crippen LogP contribution < -0.4 is 15.4 Å². The van der Waals surface area contributed by atoms with Crippen LogP contribution in [0.1, 0.15) is 36.7 Å². The zero-order chi connectivity index (χ0) is 23.5. The Bertz CT molecular complexity index is 1060. The number of aliphatic imine (C=N–C) groups is 1. The number of nitrogens with zero attached hydrogens (tertiary/aromatic N) is 2. The molecule has 2 aliphatic rings. The minimum atomic E-state index is -0.578. The number of rotatable bonds is 8. The Balaban J connectivity index is 1.50. The molecule has 1 aromatic heterocycles. The van der Waals surface area contributed by atoms with E-state index in [9.17, 15) is 14.4 Å². The summed E-state index contributed by atoms with van der Waals surface area (Å²) in [6, 6.07) is 6.49. The van der Waals surface area contributed by atoms with Crippen LogP contribution >= 0.6 is 0 Å². The Kier molecular flexibility index (Phi) is 6.67. The molecule has 2 aromatic rings. The van der Waals surface area contributed by atoms with Crippen molar-refractivity contribution in [3.05, 3.63) is 30.0 Å². The second-order valence-corrected chi connectivity index (χ2v) is 9.04. The van der Waals surface area contributed by atoms with Crippen molar-refractivity contribution >= 4 is 35.3 Å². The fraction of sp³-hybridized carbons (Fsp3) is 0.500. The van der Waals surface area contributed by atoms with E-state index in [-0.39, 0.29) is 35.6 Å². The number of methoxy groups -OCH3 is 1. The maximum atomic E-state index is 13.4. The molecule has 3 amide bonds. The number of ether oxygens (including phenoxy) is 1. The summed E-state index contributed by atoms with van der Waals surface area (Å²) < 4.78 is 5.40. The summed E-state index contributed by atoms with van der Waals surface area (Å²) in [5.74, 6) is 0.319. The van der Waals surface area contributed by atoms with E-state index in [0.717, 1.165) is 17.3 Å². The van der Waals surface area contributed by atoms with Gasteiger partial charge in [0, 0.05) is 36.0 Å². The van der Waals surface area contributed by atoms with Crippen LogP contribution in [-0.4, -0.2) is 73.2 Å². The smallest absolute Gasteiger partial charge is 0.270 e. The number of carbonyl (C=O) groups excluding carboxylic acids is 3. The third-order valence-corrected chi connectivity index (χ3v) is 6.58. The molecule has 1 aromatic carbocycles. The molecule has 0 saturated carbocycles. The largest absolute Gasteiger partial charge is 0.496 e. The van der Waals surface area contributed by atoms with Crippen LogP contribution in [0.5, 0.6) is 5.75 Å². The molecule has 9 heteroatoms. The number of H-pyrrole nitrogens is 1. The van der Waals surface area contributed by atoms with Gasteiger partial charge >= 0.3 is 0 Å². The molecule has 4 atom stereocenters. The number of nitrogens with one attached hydrogen (secondary N) is 3. The molecule has 2 saturated heterocycles. The number of fused-ring (bicyclic) bond motifs is 1. The van der Waals surface area contributed by atoms with Crippen molar-refractivity contribution in [3.63, 3.8) is 0 Å². The number of likely N-dealkylation sites (tertiary alicyclic amines) is 1. The Morgan fingerprint density at radius 2 is 2.21 bits per heavy atom. The Labute approximate surface area is 193 Å². The summed E-state index contributed by atoms with van der Waals surface area (Å²) in [7, 11) is 1.59. The van der Waals surface area contributed by atoms with Gasteiger partial charge in [0.25, 0.3) is 5.91 Å². The molecule has 4 rings (SSSR count). The monoisotopic (exact) mass is 453 g/mol. The van der Waals surface area contributed by atoms with E-state index in [2.05, 4.69) is 27.3 Å². The quantitative estimate of drug-likeness (QED) is 0.528. The predicted octanol–water partition coefficient (Wildman–Crippen LogP) is 1.74. The van der Waals surface area contributed by atoms with Gasteiger partial charge < -0.3 is 25.3 Å². The van der Waals surface area contributed by atoms with Crippen LogP contribution in [0, 0.1) is 11.8 Å². The van der Waals surface area contributed by atoms with Crippen LogP contribution in [0.15, 0.2) is 29.3 Å². The SMILES string of the molecule is C=NCC(CC1CCNC1=O)NC(=O)C1CC(C)CN1C(=O)c1cc2c(OC)cccc2[nH]1. The van der Waals surface area contributed by atoms with Crippen molar-refractivity contribution in [2.45, 2.75) is 38.3 Å². The topological polar surface area (TPSA) is 116 Å². The van der Waals surface area contributed by atoms with Gasteiger partial charge in [-0.05, 0) is 50.1 Å². The number of benzene rings is 1. The fourth-order valence-corrected chi connectivity index (χ4v) is 4.94. The lowest BCUT2D eigenvalue weighted by Crippen LogP contribution is -2.50. The van der Waals surface area contributed by atoms with Crippen molar-refractivity contribution in [1.82, 2.24) is 20.5 Å². The van der Waals surface area contributed by atoms with Crippen molar-refractivity contribution in [2.75, 3.05) is 26.7 Å². The van der Waals surface area contributed by atoms with E-state index < -0.39 is 6.04 Å². The number of aromatic nitrogens is 1. The molecule has 3 heterocycles. The first kappa shape index (κ1) is 22.8. The molecular weight excluding hydrogens is 422 g/mol. The van der Waals surface area contributed by atoms with E-state index in [0.29, 0.717) is 43.9 Å². The minimum Gasteiger partial charge on any atom is -0.496 e. The summed E-state index contributed by atoms with van der Waals surface area (Å²) in [5.41, 5.74) is 1.23. The summed E-state index contributed by atoms with van der Waals surface area (Å²) in [4.78, 5) is 47.4. The zero-order valence-corrected chi connectivity index (χ0v) is 19.1. The normalized spacial score (nSPS) is 23.4. The molecule has 176 valence electrons. The van der Waals surface area contributed by atoms with Crippen LogP contribution in [0.2, 0.25) is 0 Å².